The van der Waals surface area contributed by atoms with Crippen LogP contribution in [-0.2, 0) is 29.2 Å². The number of ether oxygens (including phenoxy) is 2. The topological polar surface area (TPSA) is 113 Å². The molecule has 8 nitrogen and oxygen atoms in total. The second-order valence-electron chi connectivity index (χ2n) is 8.83. The predicted octanol–water partition coefficient (Wildman–Crippen LogP) is 2.69. The summed E-state index contributed by atoms with van der Waals surface area (Å²) in [4.78, 5) is 37.1. The normalized spacial score (nSPS) is 27.3. The molecule has 0 unspecified atom stereocenters. The Balaban J connectivity index is 1.18. The second kappa shape index (κ2) is 7.98. The van der Waals surface area contributed by atoms with Crippen molar-refractivity contribution in [1.82, 2.24) is 0 Å². The fourth-order valence-electron chi connectivity index (χ4n) is 5.22. The molecule has 2 saturated carbocycles. The van der Waals surface area contributed by atoms with E-state index in [1.165, 1.54) is 36.4 Å². The number of rotatable bonds is 7. The van der Waals surface area contributed by atoms with Crippen molar-refractivity contribution < 1.29 is 36.5 Å². The van der Waals surface area contributed by atoms with Gasteiger partial charge in [-0.15, -0.1) is 0 Å². The molecule has 3 aliphatic rings. The number of carbonyl (C=O) groups is 3. The molecule has 0 N–H and O–H groups in total. The lowest BCUT2D eigenvalue weighted by Gasteiger charge is -2.22. The molecule has 0 radical (unpaired) electrons. The van der Waals surface area contributed by atoms with Crippen molar-refractivity contribution in [3.05, 3.63) is 59.7 Å². The molecule has 1 saturated heterocycles. The zero-order valence-corrected chi connectivity index (χ0v) is 18.6. The lowest BCUT2D eigenvalue weighted by Crippen LogP contribution is -2.34. The van der Waals surface area contributed by atoms with Crippen LogP contribution in [0.4, 0.5) is 0 Å². The number of aryl methyl sites for hydroxylation is 1. The zero-order valence-electron chi connectivity index (χ0n) is 17.8. The van der Waals surface area contributed by atoms with Gasteiger partial charge in [-0.1, -0.05) is 17.7 Å². The quantitative estimate of drug-likeness (QED) is 0.345. The van der Waals surface area contributed by atoms with Gasteiger partial charge >= 0.3 is 22.1 Å². The lowest BCUT2D eigenvalue weighted by molar-refractivity contribution is -0.154. The maximum absolute atomic E-state index is 12.6. The third-order valence-corrected chi connectivity index (χ3v) is 8.05. The molecule has 5 rings (SSSR count). The summed E-state index contributed by atoms with van der Waals surface area (Å²) in [5.41, 5.74) is 1.17. The number of fused-ring (bicyclic) bond motifs is 1. The summed E-state index contributed by atoms with van der Waals surface area (Å²) in [6.07, 6.45) is 1.38. The fourth-order valence-corrected chi connectivity index (χ4v) is 6.15. The zero-order chi connectivity index (χ0) is 23.3. The number of hydrogen-bond acceptors (Lipinski definition) is 8. The molecule has 2 aromatic carbocycles. The Morgan fingerprint density at radius 2 is 1.73 bits per heavy atom. The molecule has 0 aromatic heterocycles. The van der Waals surface area contributed by atoms with Crippen molar-refractivity contribution >= 4 is 27.8 Å². The van der Waals surface area contributed by atoms with Crippen molar-refractivity contribution in [2.24, 2.45) is 23.7 Å². The van der Waals surface area contributed by atoms with E-state index in [0.29, 0.717) is 6.42 Å². The van der Waals surface area contributed by atoms with E-state index < -0.39 is 40.3 Å². The average Bonchev–Trinajstić information content (AvgIpc) is 3.41. The van der Waals surface area contributed by atoms with Crippen LogP contribution in [0.15, 0.2) is 53.4 Å². The van der Waals surface area contributed by atoms with Crippen LogP contribution < -0.4 is 4.18 Å². The van der Waals surface area contributed by atoms with Gasteiger partial charge in [0.1, 0.15) is 16.7 Å². The van der Waals surface area contributed by atoms with Gasteiger partial charge in [0.2, 0.25) is 0 Å². The number of hydrogen-bond donors (Lipinski definition) is 0. The summed E-state index contributed by atoms with van der Waals surface area (Å²) < 4.78 is 40.5. The molecular weight excluding hydrogens is 448 g/mol. The highest BCUT2D eigenvalue weighted by atomic mass is 32.2. The van der Waals surface area contributed by atoms with Crippen molar-refractivity contribution in [1.29, 1.82) is 0 Å². The summed E-state index contributed by atoms with van der Waals surface area (Å²) >= 11 is 0. The van der Waals surface area contributed by atoms with Crippen molar-refractivity contribution in [2.75, 3.05) is 6.61 Å². The van der Waals surface area contributed by atoms with E-state index in [1.807, 2.05) is 6.92 Å². The van der Waals surface area contributed by atoms with Crippen LogP contribution in [-0.4, -0.2) is 38.9 Å². The SMILES string of the molecule is Cc1ccc(S(=O)(=O)Oc2ccc(C(=O)COC(=O)[C@@H]3[C@@H]4C[C@@H]5[C@H]3C(=O)O[C@H]5C4)cc2)cc1. The summed E-state index contributed by atoms with van der Waals surface area (Å²) in [7, 11) is -4.00. The summed E-state index contributed by atoms with van der Waals surface area (Å²) in [5.74, 6) is -2.12. The first-order valence-corrected chi connectivity index (χ1v) is 12.2. The highest BCUT2D eigenvalue weighted by Gasteiger charge is 2.64. The largest absolute Gasteiger partial charge is 0.462 e. The molecule has 1 aliphatic heterocycles. The van der Waals surface area contributed by atoms with Crippen LogP contribution in [0.2, 0.25) is 0 Å². The molecule has 5 atom stereocenters. The molecule has 2 aliphatic carbocycles. The monoisotopic (exact) mass is 470 g/mol. The van der Waals surface area contributed by atoms with Gasteiger partial charge in [0, 0.05) is 11.5 Å². The van der Waals surface area contributed by atoms with Crippen LogP contribution in [0, 0.1) is 30.6 Å². The molecule has 1 heterocycles. The molecule has 33 heavy (non-hydrogen) atoms. The van der Waals surface area contributed by atoms with E-state index in [0.717, 1.165) is 12.0 Å². The van der Waals surface area contributed by atoms with Gasteiger partial charge in [0.25, 0.3) is 0 Å². The highest BCUT2D eigenvalue weighted by molar-refractivity contribution is 7.87. The summed E-state index contributed by atoms with van der Waals surface area (Å²) in [5, 5.41) is 0. The first kappa shape index (κ1) is 21.6. The van der Waals surface area contributed by atoms with E-state index in [4.69, 9.17) is 13.7 Å². The average molecular weight is 470 g/mol. The molecule has 0 spiro atoms. The highest BCUT2D eigenvalue weighted by Crippen LogP contribution is 2.57. The van der Waals surface area contributed by atoms with Gasteiger partial charge in [-0.2, -0.15) is 8.42 Å². The third-order valence-electron chi connectivity index (χ3n) is 6.79. The number of Topliss-reactive ketones (excluding diaryl/α,β-unsaturated/α-hetero) is 1. The molecule has 172 valence electrons. The fraction of sp³-hybridized carbons (Fsp3) is 0.375. The Morgan fingerprint density at radius 1 is 1.03 bits per heavy atom. The molecular formula is C24H22O8S. The van der Waals surface area contributed by atoms with E-state index in [-0.39, 0.29) is 40.1 Å². The van der Waals surface area contributed by atoms with Crippen LogP contribution in [0.1, 0.15) is 28.8 Å². The maximum Gasteiger partial charge on any atom is 0.339 e. The molecule has 0 amide bonds. The predicted molar refractivity (Wildman–Crippen MR) is 114 cm³/mol. The first-order valence-electron chi connectivity index (χ1n) is 10.7. The number of benzene rings is 2. The third kappa shape index (κ3) is 3.90. The number of carbonyl (C=O) groups excluding carboxylic acids is 3. The van der Waals surface area contributed by atoms with Gasteiger partial charge < -0.3 is 13.7 Å². The van der Waals surface area contributed by atoms with E-state index in [2.05, 4.69) is 0 Å². The Hall–Kier alpha value is -3.20. The smallest absolute Gasteiger partial charge is 0.339 e. The summed E-state index contributed by atoms with van der Waals surface area (Å²) in [6, 6.07) is 11.8. The number of esters is 2. The Bertz CT molecular complexity index is 1210. The Morgan fingerprint density at radius 3 is 2.42 bits per heavy atom. The van der Waals surface area contributed by atoms with Gasteiger partial charge in [-0.3, -0.25) is 14.4 Å². The minimum absolute atomic E-state index is 0.0262. The lowest BCUT2D eigenvalue weighted by atomic mass is 9.80. The molecule has 9 heteroatoms. The van der Waals surface area contributed by atoms with E-state index in [1.54, 1.807) is 12.1 Å². The maximum atomic E-state index is 12.6. The minimum Gasteiger partial charge on any atom is -0.462 e. The van der Waals surface area contributed by atoms with Gasteiger partial charge in [-0.25, -0.2) is 0 Å². The van der Waals surface area contributed by atoms with Crippen LogP contribution >= 0.6 is 0 Å². The first-order chi connectivity index (χ1) is 15.7. The Kier molecular flexibility index (Phi) is 5.23. The van der Waals surface area contributed by atoms with Gasteiger partial charge in [-0.05, 0) is 62.1 Å². The van der Waals surface area contributed by atoms with Gasteiger partial charge in [0.15, 0.2) is 12.4 Å². The van der Waals surface area contributed by atoms with Crippen LogP contribution in [0.25, 0.3) is 0 Å². The molecule has 2 aromatic rings. The second-order valence-corrected chi connectivity index (χ2v) is 10.4. The van der Waals surface area contributed by atoms with Gasteiger partial charge in [0.05, 0.1) is 11.8 Å². The van der Waals surface area contributed by atoms with E-state index >= 15 is 0 Å². The Labute approximate surface area is 191 Å². The molecule has 3 fully saturated rings. The molecule has 2 bridgehead atoms. The minimum atomic E-state index is -4.00. The summed E-state index contributed by atoms with van der Waals surface area (Å²) in [6.45, 7) is 1.39. The van der Waals surface area contributed by atoms with E-state index in [9.17, 15) is 22.8 Å². The van der Waals surface area contributed by atoms with Crippen LogP contribution in [0.5, 0.6) is 5.75 Å². The van der Waals surface area contributed by atoms with Crippen molar-refractivity contribution in [3.8, 4) is 5.75 Å². The number of ketones is 1. The van der Waals surface area contributed by atoms with Crippen molar-refractivity contribution in [3.63, 3.8) is 0 Å². The van der Waals surface area contributed by atoms with Crippen molar-refractivity contribution in [2.45, 2.75) is 30.8 Å². The van der Waals surface area contributed by atoms with Crippen LogP contribution in [0.3, 0.4) is 0 Å². The standard InChI is InChI=1S/C24H22O8S/c1-13-2-8-17(9-3-13)33(28,29)32-16-6-4-14(5-7-16)19(25)12-30-23(26)21-15-10-18-20(11-15)31-24(27)22(18)21/h2-9,15,18,20-22H,10-12H2,1H3/t15-,18+,20+,21-,22-/m1/s1.